The molecule has 0 atom stereocenters. The maximum absolute atomic E-state index is 6.07. The molecule has 1 saturated carbocycles. The molecule has 3 N–H and O–H groups in total. The minimum Gasteiger partial charge on any atom is -0.382 e. The summed E-state index contributed by atoms with van der Waals surface area (Å²) in [6.45, 7) is 4.29. The van der Waals surface area contributed by atoms with Gasteiger partial charge in [-0.15, -0.1) is 0 Å². The van der Waals surface area contributed by atoms with Crippen LogP contribution in [0.3, 0.4) is 0 Å². The van der Waals surface area contributed by atoms with Gasteiger partial charge in [-0.2, -0.15) is 0 Å². The third-order valence-electron chi connectivity index (χ3n) is 3.00. The molecule has 1 aromatic heterocycles. The molecule has 1 aliphatic rings. The van der Waals surface area contributed by atoms with E-state index in [0.29, 0.717) is 27.6 Å². The van der Waals surface area contributed by atoms with Crippen molar-refractivity contribution < 1.29 is 0 Å². The first-order chi connectivity index (χ1) is 7.40. The fourth-order valence-corrected chi connectivity index (χ4v) is 2.19. The number of rotatable bonds is 3. The van der Waals surface area contributed by atoms with Crippen LogP contribution < -0.4 is 11.1 Å². The van der Waals surface area contributed by atoms with Crippen LogP contribution in [-0.4, -0.2) is 10.5 Å². The van der Waals surface area contributed by atoms with Gasteiger partial charge < -0.3 is 11.1 Å². The third kappa shape index (κ3) is 2.36. The van der Waals surface area contributed by atoms with Crippen molar-refractivity contribution in [3.63, 3.8) is 0 Å². The van der Waals surface area contributed by atoms with Crippen LogP contribution in [0.5, 0.6) is 0 Å². The largest absolute Gasteiger partial charge is 0.382 e. The van der Waals surface area contributed by atoms with Gasteiger partial charge in [0.2, 0.25) is 0 Å². The highest BCUT2D eigenvalue weighted by Crippen LogP contribution is 2.42. The van der Waals surface area contributed by atoms with Crippen LogP contribution in [0, 0.1) is 5.92 Å². The van der Waals surface area contributed by atoms with Gasteiger partial charge in [0.25, 0.3) is 0 Å². The minimum absolute atomic E-state index is 0.00307. The quantitative estimate of drug-likeness (QED) is 0.873. The van der Waals surface area contributed by atoms with E-state index < -0.39 is 0 Å². The molecule has 0 aromatic carbocycles. The highest BCUT2D eigenvalue weighted by molar-refractivity contribution is 6.37. The molecule has 1 fully saturated rings. The lowest BCUT2D eigenvalue weighted by molar-refractivity contribution is 0.493. The molecular formula is C11H15Cl2N3. The molecule has 0 unspecified atom stereocenters. The van der Waals surface area contributed by atoms with Crippen molar-refractivity contribution >= 4 is 34.8 Å². The van der Waals surface area contributed by atoms with Crippen LogP contribution >= 0.6 is 23.2 Å². The number of nitrogens with two attached hydrogens (primary N) is 1. The first kappa shape index (κ1) is 11.8. The Morgan fingerprint density at radius 2 is 2.00 bits per heavy atom. The SMILES string of the molecule is CC(C)(Nc1nc(N)c(Cl)cc1Cl)C1CC1. The molecule has 0 bridgehead atoms. The molecule has 1 aliphatic carbocycles. The van der Waals surface area contributed by atoms with Crippen LogP contribution in [0.15, 0.2) is 6.07 Å². The summed E-state index contributed by atoms with van der Waals surface area (Å²) in [6, 6.07) is 1.62. The molecule has 0 amide bonds. The Morgan fingerprint density at radius 1 is 1.38 bits per heavy atom. The predicted octanol–water partition coefficient (Wildman–Crippen LogP) is 3.57. The fraction of sp³-hybridized carbons (Fsp3) is 0.545. The number of hydrogen-bond donors (Lipinski definition) is 2. The van der Waals surface area contributed by atoms with Gasteiger partial charge in [0.05, 0.1) is 10.0 Å². The Bertz CT molecular complexity index is 414. The minimum atomic E-state index is -0.00307. The molecule has 1 aromatic rings. The van der Waals surface area contributed by atoms with E-state index in [1.807, 2.05) is 0 Å². The number of halogens is 2. The molecule has 3 nitrogen and oxygen atoms in total. The van der Waals surface area contributed by atoms with Gasteiger partial charge in [0.15, 0.2) is 0 Å². The van der Waals surface area contributed by atoms with E-state index in [9.17, 15) is 0 Å². The van der Waals surface area contributed by atoms with Crippen molar-refractivity contribution in [1.82, 2.24) is 4.98 Å². The Hall–Kier alpha value is -0.670. The standard InChI is InChI=1S/C11H15Cl2N3/c1-11(2,6-3-4-6)16-10-8(13)5-7(12)9(14)15-10/h5-6H,3-4H2,1-2H3,(H3,14,15,16). The fourth-order valence-electron chi connectivity index (χ4n) is 1.78. The first-order valence-electron chi connectivity index (χ1n) is 5.30. The highest BCUT2D eigenvalue weighted by atomic mass is 35.5. The maximum atomic E-state index is 6.07. The summed E-state index contributed by atoms with van der Waals surface area (Å²) >= 11 is 11.9. The van der Waals surface area contributed by atoms with E-state index in [4.69, 9.17) is 28.9 Å². The Kier molecular flexibility index (Phi) is 2.93. The average Bonchev–Trinajstić information content (AvgIpc) is 2.96. The Balaban J connectivity index is 2.23. The van der Waals surface area contributed by atoms with Gasteiger partial charge in [0, 0.05) is 5.54 Å². The van der Waals surface area contributed by atoms with Gasteiger partial charge in [-0.1, -0.05) is 23.2 Å². The molecule has 0 radical (unpaired) electrons. The molecule has 5 heteroatoms. The third-order valence-corrected chi connectivity index (χ3v) is 3.59. The normalized spacial score (nSPS) is 16.2. The highest BCUT2D eigenvalue weighted by Gasteiger charge is 2.38. The summed E-state index contributed by atoms with van der Waals surface area (Å²) in [5.41, 5.74) is 5.66. The first-order valence-corrected chi connectivity index (χ1v) is 6.05. The van der Waals surface area contributed by atoms with Gasteiger partial charge in [-0.3, -0.25) is 0 Å². The van der Waals surface area contributed by atoms with Crippen molar-refractivity contribution in [1.29, 1.82) is 0 Å². The van der Waals surface area contributed by atoms with Crippen LogP contribution in [0.2, 0.25) is 10.0 Å². The summed E-state index contributed by atoms with van der Waals surface area (Å²) in [6.07, 6.45) is 2.50. The average molecular weight is 260 g/mol. The summed E-state index contributed by atoms with van der Waals surface area (Å²) < 4.78 is 0. The number of pyridine rings is 1. The van der Waals surface area contributed by atoms with Gasteiger partial charge in [-0.05, 0) is 38.7 Å². The lowest BCUT2D eigenvalue weighted by Crippen LogP contribution is -2.33. The van der Waals surface area contributed by atoms with Gasteiger partial charge in [-0.25, -0.2) is 4.98 Å². The molecule has 88 valence electrons. The lowest BCUT2D eigenvalue weighted by atomic mass is 9.99. The van der Waals surface area contributed by atoms with Crippen molar-refractivity contribution in [3.05, 3.63) is 16.1 Å². The van der Waals surface area contributed by atoms with Crippen molar-refractivity contribution in [3.8, 4) is 0 Å². The second-order valence-corrected chi connectivity index (χ2v) is 5.62. The van der Waals surface area contributed by atoms with E-state index in [2.05, 4.69) is 24.1 Å². The topological polar surface area (TPSA) is 50.9 Å². The number of nitrogen functional groups attached to an aromatic ring is 1. The zero-order chi connectivity index (χ0) is 11.9. The zero-order valence-electron chi connectivity index (χ0n) is 9.35. The summed E-state index contributed by atoms with van der Waals surface area (Å²) in [5, 5.41) is 4.23. The number of nitrogens with zero attached hydrogens (tertiary/aromatic N) is 1. The maximum Gasteiger partial charge on any atom is 0.147 e. The van der Waals surface area contributed by atoms with Crippen LogP contribution in [0.4, 0.5) is 11.6 Å². The van der Waals surface area contributed by atoms with Crippen molar-refractivity contribution in [2.45, 2.75) is 32.2 Å². The molecule has 0 saturated heterocycles. The molecule has 16 heavy (non-hydrogen) atoms. The van der Waals surface area contributed by atoms with Crippen LogP contribution in [-0.2, 0) is 0 Å². The van der Waals surface area contributed by atoms with E-state index in [1.54, 1.807) is 6.07 Å². The van der Waals surface area contributed by atoms with Crippen LogP contribution in [0.1, 0.15) is 26.7 Å². The monoisotopic (exact) mass is 259 g/mol. The van der Waals surface area contributed by atoms with Crippen molar-refractivity contribution in [2.24, 2.45) is 5.92 Å². The van der Waals surface area contributed by atoms with Gasteiger partial charge >= 0.3 is 0 Å². The molecular weight excluding hydrogens is 245 g/mol. The van der Waals surface area contributed by atoms with Gasteiger partial charge in [0.1, 0.15) is 11.6 Å². The number of nitrogens with one attached hydrogen (secondary N) is 1. The zero-order valence-corrected chi connectivity index (χ0v) is 10.9. The summed E-state index contributed by atoms with van der Waals surface area (Å²) in [7, 11) is 0. The molecule has 1 heterocycles. The number of anilines is 2. The van der Waals surface area contributed by atoms with Crippen LogP contribution in [0.25, 0.3) is 0 Å². The number of hydrogen-bond acceptors (Lipinski definition) is 3. The number of aromatic nitrogens is 1. The lowest BCUT2D eigenvalue weighted by Gasteiger charge is -2.27. The Morgan fingerprint density at radius 3 is 2.56 bits per heavy atom. The second kappa shape index (κ2) is 3.97. The van der Waals surface area contributed by atoms with E-state index >= 15 is 0 Å². The van der Waals surface area contributed by atoms with E-state index in [-0.39, 0.29) is 5.54 Å². The molecule has 0 aliphatic heterocycles. The van der Waals surface area contributed by atoms with Crippen molar-refractivity contribution in [2.75, 3.05) is 11.1 Å². The Labute approximate surface area is 105 Å². The molecule has 2 rings (SSSR count). The summed E-state index contributed by atoms with van der Waals surface area (Å²) in [5.74, 6) is 1.60. The summed E-state index contributed by atoms with van der Waals surface area (Å²) in [4.78, 5) is 4.17. The predicted molar refractivity (Wildman–Crippen MR) is 69.1 cm³/mol. The molecule has 0 spiro atoms. The smallest absolute Gasteiger partial charge is 0.147 e. The second-order valence-electron chi connectivity index (χ2n) is 4.81. The van der Waals surface area contributed by atoms with E-state index in [1.165, 1.54) is 12.8 Å². The van der Waals surface area contributed by atoms with E-state index in [0.717, 1.165) is 0 Å².